The largest absolute Gasteiger partial charge is 0.416 e. The quantitative estimate of drug-likeness (QED) is 0.298. The lowest BCUT2D eigenvalue weighted by molar-refractivity contribution is -0.137. The highest BCUT2D eigenvalue weighted by Gasteiger charge is 2.30. The van der Waals surface area contributed by atoms with Gasteiger partial charge in [-0.3, -0.25) is 10.1 Å². The first-order chi connectivity index (χ1) is 16.7. The highest BCUT2D eigenvalue weighted by Crippen LogP contribution is 2.34. The highest BCUT2D eigenvalue weighted by molar-refractivity contribution is 7.22. The van der Waals surface area contributed by atoms with Gasteiger partial charge >= 0.3 is 6.18 Å². The van der Waals surface area contributed by atoms with Crippen LogP contribution in [0.1, 0.15) is 21.5 Å². The minimum absolute atomic E-state index is 0.231. The SMILES string of the molecule is CNc1ncc2cc(-c3cc(C(=O)Nc4nc5ccc(C(F)(F)F)cc5s4)ccc3C)ccc2n1. The van der Waals surface area contributed by atoms with Crippen molar-refractivity contribution in [2.75, 3.05) is 17.7 Å². The zero-order chi connectivity index (χ0) is 24.7. The molecule has 0 atom stereocenters. The summed E-state index contributed by atoms with van der Waals surface area (Å²) >= 11 is 0.997. The average Bonchev–Trinajstić information content (AvgIpc) is 3.24. The fourth-order valence-corrected chi connectivity index (χ4v) is 4.62. The fourth-order valence-electron chi connectivity index (χ4n) is 3.72. The van der Waals surface area contributed by atoms with Crippen molar-refractivity contribution in [3.63, 3.8) is 0 Å². The van der Waals surface area contributed by atoms with Crippen LogP contribution in [0.3, 0.4) is 0 Å². The lowest BCUT2D eigenvalue weighted by Crippen LogP contribution is -2.11. The average molecular weight is 494 g/mol. The Labute approximate surface area is 201 Å². The Balaban J connectivity index is 1.43. The molecular weight excluding hydrogens is 475 g/mol. The topological polar surface area (TPSA) is 79.8 Å². The molecule has 0 aliphatic heterocycles. The van der Waals surface area contributed by atoms with Gasteiger partial charge in [0.2, 0.25) is 5.95 Å². The van der Waals surface area contributed by atoms with E-state index < -0.39 is 17.6 Å². The smallest absolute Gasteiger partial charge is 0.357 e. The number of hydrogen-bond donors (Lipinski definition) is 2. The van der Waals surface area contributed by atoms with Crippen molar-refractivity contribution in [3.8, 4) is 11.1 Å². The van der Waals surface area contributed by atoms with Crippen molar-refractivity contribution in [3.05, 3.63) is 77.5 Å². The number of aromatic nitrogens is 3. The van der Waals surface area contributed by atoms with E-state index >= 15 is 0 Å². The van der Waals surface area contributed by atoms with E-state index in [4.69, 9.17) is 0 Å². The van der Waals surface area contributed by atoms with Crippen LogP contribution in [-0.4, -0.2) is 27.9 Å². The van der Waals surface area contributed by atoms with E-state index in [1.165, 1.54) is 6.07 Å². The molecule has 0 spiro atoms. The van der Waals surface area contributed by atoms with Gasteiger partial charge in [-0.15, -0.1) is 0 Å². The molecule has 0 unspecified atom stereocenters. The van der Waals surface area contributed by atoms with Crippen LogP contribution >= 0.6 is 11.3 Å². The Bertz CT molecular complexity index is 1600. The van der Waals surface area contributed by atoms with Gasteiger partial charge in [0, 0.05) is 24.2 Å². The van der Waals surface area contributed by atoms with Crippen molar-refractivity contribution in [2.24, 2.45) is 0 Å². The molecule has 0 saturated carbocycles. The first-order valence-electron chi connectivity index (χ1n) is 10.6. The minimum atomic E-state index is -4.44. The molecule has 6 nitrogen and oxygen atoms in total. The number of fused-ring (bicyclic) bond motifs is 2. The molecule has 0 saturated heterocycles. The maximum absolute atomic E-state index is 13.0. The maximum Gasteiger partial charge on any atom is 0.416 e. The maximum atomic E-state index is 13.0. The zero-order valence-corrected chi connectivity index (χ0v) is 19.4. The molecule has 35 heavy (non-hydrogen) atoms. The molecular formula is C25H18F3N5OS. The van der Waals surface area contributed by atoms with E-state index in [0.29, 0.717) is 21.7 Å². The monoisotopic (exact) mass is 493 g/mol. The van der Waals surface area contributed by atoms with Crippen molar-refractivity contribution in [2.45, 2.75) is 13.1 Å². The van der Waals surface area contributed by atoms with E-state index in [-0.39, 0.29) is 5.13 Å². The lowest BCUT2D eigenvalue weighted by atomic mass is 9.97. The summed E-state index contributed by atoms with van der Waals surface area (Å²) in [7, 11) is 1.75. The summed E-state index contributed by atoms with van der Waals surface area (Å²) in [6.07, 6.45) is -2.70. The third-order valence-electron chi connectivity index (χ3n) is 5.55. The summed E-state index contributed by atoms with van der Waals surface area (Å²) in [6.45, 7) is 1.95. The second-order valence-electron chi connectivity index (χ2n) is 7.90. The van der Waals surface area contributed by atoms with Crippen molar-refractivity contribution in [1.29, 1.82) is 0 Å². The molecule has 0 aliphatic carbocycles. The predicted molar refractivity (Wildman–Crippen MR) is 132 cm³/mol. The molecule has 0 fully saturated rings. The summed E-state index contributed by atoms with van der Waals surface area (Å²) in [5.41, 5.74) is 3.60. The number of alkyl halides is 3. The van der Waals surface area contributed by atoms with Crippen LogP contribution in [0.4, 0.5) is 24.3 Å². The molecule has 0 radical (unpaired) electrons. The molecule has 0 bridgehead atoms. The molecule has 3 aromatic carbocycles. The Morgan fingerprint density at radius 3 is 2.54 bits per heavy atom. The molecule has 2 aromatic heterocycles. The number of carbonyl (C=O) groups is 1. The van der Waals surface area contributed by atoms with Gasteiger partial charge < -0.3 is 5.32 Å². The van der Waals surface area contributed by atoms with E-state index in [2.05, 4.69) is 25.6 Å². The molecule has 176 valence electrons. The summed E-state index contributed by atoms with van der Waals surface area (Å²) in [5.74, 6) is 0.133. The number of nitrogens with zero attached hydrogens (tertiary/aromatic N) is 3. The van der Waals surface area contributed by atoms with Gasteiger partial charge in [0.15, 0.2) is 5.13 Å². The molecule has 5 rings (SSSR count). The summed E-state index contributed by atoms with van der Waals surface area (Å²) in [6, 6.07) is 14.4. The van der Waals surface area contributed by atoms with Gasteiger partial charge in [-0.05, 0) is 66.1 Å². The van der Waals surface area contributed by atoms with Crippen LogP contribution in [0.2, 0.25) is 0 Å². The standard InChI is InChI=1S/C25H18F3N5OS/c1-13-3-4-15(10-18(13)14-5-7-19-16(9-14)12-30-23(29-2)31-19)22(34)33-24-32-20-8-6-17(25(26,27)28)11-21(20)35-24/h3-12H,1-2H3,(H,29,30,31)(H,32,33,34). The van der Waals surface area contributed by atoms with Crippen LogP contribution in [0.5, 0.6) is 0 Å². The summed E-state index contributed by atoms with van der Waals surface area (Å²) in [4.78, 5) is 25.9. The number of anilines is 2. The first-order valence-corrected chi connectivity index (χ1v) is 11.4. The third-order valence-corrected chi connectivity index (χ3v) is 6.48. The zero-order valence-electron chi connectivity index (χ0n) is 18.6. The number of benzene rings is 3. The van der Waals surface area contributed by atoms with Crippen LogP contribution < -0.4 is 10.6 Å². The van der Waals surface area contributed by atoms with Gasteiger partial charge in [-0.25, -0.2) is 15.0 Å². The molecule has 2 N–H and O–H groups in total. The number of halogens is 3. The Kier molecular flexibility index (Phi) is 5.60. The highest BCUT2D eigenvalue weighted by atomic mass is 32.1. The third kappa shape index (κ3) is 4.52. The van der Waals surface area contributed by atoms with Gasteiger partial charge in [-0.2, -0.15) is 13.2 Å². The molecule has 2 heterocycles. The second kappa shape index (κ2) is 8.62. The number of aryl methyl sites for hydroxylation is 1. The van der Waals surface area contributed by atoms with E-state index in [1.54, 1.807) is 25.4 Å². The lowest BCUT2D eigenvalue weighted by Gasteiger charge is -2.10. The molecule has 5 aromatic rings. The number of carbonyl (C=O) groups excluding carboxylic acids is 1. The minimum Gasteiger partial charge on any atom is -0.357 e. The van der Waals surface area contributed by atoms with Crippen LogP contribution in [-0.2, 0) is 6.18 Å². The van der Waals surface area contributed by atoms with E-state index in [0.717, 1.165) is 51.1 Å². The van der Waals surface area contributed by atoms with Crippen molar-refractivity contribution >= 4 is 49.4 Å². The second-order valence-corrected chi connectivity index (χ2v) is 8.93. The Morgan fingerprint density at radius 1 is 0.971 bits per heavy atom. The van der Waals surface area contributed by atoms with Crippen molar-refractivity contribution in [1.82, 2.24) is 15.0 Å². The number of nitrogens with one attached hydrogen (secondary N) is 2. The van der Waals surface area contributed by atoms with E-state index in [9.17, 15) is 18.0 Å². The van der Waals surface area contributed by atoms with Gasteiger partial charge in [0.1, 0.15) is 0 Å². The van der Waals surface area contributed by atoms with E-state index in [1.807, 2.05) is 31.2 Å². The van der Waals surface area contributed by atoms with Gasteiger partial charge in [0.25, 0.3) is 5.91 Å². The normalized spacial score (nSPS) is 11.7. The number of rotatable bonds is 4. The predicted octanol–water partition coefficient (Wildman–Crippen LogP) is 6.53. The summed E-state index contributed by atoms with van der Waals surface area (Å²) in [5, 5.41) is 6.71. The first kappa shape index (κ1) is 22.7. The van der Waals surface area contributed by atoms with Crippen LogP contribution in [0, 0.1) is 6.92 Å². The molecule has 0 aliphatic rings. The van der Waals surface area contributed by atoms with Gasteiger partial charge in [-0.1, -0.05) is 23.5 Å². The fraction of sp³-hybridized carbons (Fsp3) is 0.120. The Hall–Kier alpha value is -4.05. The van der Waals surface area contributed by atoms with Crippen LogP contribution in [0.25, 0.3) is 32.2 Å². The van der Waals surface area contributed by atoms with Gasteiger partial charge in [0.05, 0.1) is 21.3 Å². The molecule has 10 heteroatoms. The number of amides is 1. The number of hydrogen-bond acceptors (Lipinski definition) is 6. The number of thiazole rings is 1. The Morgan fingerprint density at radius 2 is 1.77 bits per heavy atom. The molecule has 1 amide bonds. The summed E-state index contributed by atoms with van der Waals surface area (Å²) < 4.78 is 39.3. The van der Waals surface area contributed by atoms with Crippen molar-refractivity contribution < 1.29 is 18.0 Å². The van der Waals surface area contributed by atoms with Crippen LogP contribution in [0.15, 0.2) is 60.8 Å².